The predicted molar refractivity (Wildman–Crippen MR) is 114 cm³/mol. The monoisotopic (exact) mass is 383 g/mol. The number of para-hydroxylation sites is 1. The van der Waals surface area contributed by atoms with Crippen LogP contribution in [0.25, 0.3) is 16.5 Å². The second-order valence-electron chi connectivity index (χ2n) is 6.95. The molecule has 1 atom stereocenters. The Bertz CT molecular complexity index is 1220. The van der Waals surface area contributed by atoms with Gasteiger partial charge in [0.25, 0.3) is 11.5 Å². The van der Waals surface area contributed by atoms with E-state index in [4.69, 9.17) is 0 Å². The Labute approximate surface area is 168 Å². The van der Waals surface area contributed by atoms with Gasteiger partial charge in [0.1, 0.15) is 0 Å². The summed E-state index contributed by atoms with van der Waals surface area (Å²) in [6.07, 6.45) is 0. The molecule has 4 aromatic rings. The number of carbonyl (C=O) groups excluding carboxylic acids is 1. The zero-order valence-corrected chi connectivity index (χ0v) is 16.3. The van der Waals surface area contributed by atoms with Crippen LogP contribution in [-0.4, -0.2) is 27.6 Å². The molecule has 1 aromatic heterocycles. The molecule has 3 aromatic carbocycles. The molecule has 0 radical (unpaired) electrons. The van der Waals surface area contributed by atoms with Crippen molar-refractivity contribution in [1.82, 2.24) is 14.7 Å². The highest BCUT2D eigenvalue weighted by Crippen LogP contribution is 2.23. The van der Waals surface area contributed by atoms with Gasteiger partial charge in [0, 0.05) is 12.4 Å². The minimum absolute atomic E-state index is 0.138. The minimum atomic E-state index is -0.248. The Hall–Kier alpha value is -3.73. The van der Waals surface area contributed by atoms with E-state index >= 15 is 0 Å². The maximum absolute atomic E-state index is 13.4. The summed E-state index contributed by atoms with van der Waals surface area (Å²) in [5.74, 6) is -0.234. The van der Waals surface area contributed by atoms with Crippen LogP contribution in [-0.2, 0) is 0 Å². The van der Waals surface area contributed by atoms with E-state index < -0.39 is 0 Å². The lowest BCUT2D eigenvalue weighted by Crippen LogP contribution is -2.33. The largest absolute Gasteiger partial charge is 0.334 e. The highest BCUT2D eigenvalue weighted by Gasteiger charge is 2.24. The van der Waals surface area contributed by atoms with Gasteiger partial charge >= 0.3 is 0 Å². The van der Waals surface area contributed by atoms with Gasteiger partial charge in [0.15, 0.2) is 5.69 Å². The van der Waals surface area contributed by atoms with Crippen molar-refractivity contribution in [2.24, 2.45) is 0 Å². The number of hydrogen-bond donors (Lipinski definition) is 0. The normalized spacial score (nSPS) is 11.9. The third-order valence-corrected chi connectivity index (χ3v) is 5.19. The standard InChI is InChI=1S/C24H21N3O2/c1-17(18-11-5-3-6-12-18)26(2)24(29)22-20-15-9-10-16-21(20)23(28)27(25-22)19-13-7-4-8-14-19/h3-17H,1-2H3/t17-/m1/s1. The Kier molecular flexibility index (Phi) is 4.96. The fraction of sp³-hybridized carbons (Fsp3) is 0.125. The molecule has 0 bridgehead atoms. The van der Waals surface area contributed by atoms with E-state index in [1.165, 1.54) is 4.68 Å². The van der Waals surface area contributed by atoms with Crippen molar-refractivity contribution >= 4 is 16.7 Å². The number of fused-ring (bicyclic) bond motifs is 1. The highest BCUT2D eigenvalue weighted by atomic mass is 16.2. The lowest BCUT2D eigenvalue weighted by Gasteiger charge is -2.25. The summed E-state index contributed by atoms with van der Waals surface area (Å²) in [4.78, 5) is 28.1. The number of carbonyl (C=O) groups is 1. The molecule has 0 aliphatic rings. The first-order valence-corrected chi connectivity index (χ1v) is 9.47. The maximum atomic E-state index is 13.4. The second-order valence-corrected chi connectivity index (χ2v) is 6.95. The zero-order chi connectivity index (χ0) is 20.4. The molecule has 5 nitrogen and oxygen atoms in total. The third kappa shape index (κ3) is 3.43. The van der Waals surface area contributed by atoms with Gasteiger partial charge in [0.2, 0.25) is 0 Å². The average Bonchev–Trinajstić information content (AvgIpc) is 2.79. The highest BCUT2D eigenvalue weighted by molar-refractivity contribution is 6.04. The van der Waals surface area contributed by atoms with Crippen molar-refractivity contribution in [3.05, 3.63) is 107 Å². The van der Waals surface area contributed by atoms with Gasteiger partial charge in [0.05, 0.1) is 17.1 Å². The Balaban J connectivity index is 1.86. The molecule has 5 heteroatoms. The molecule has 0 saturated heterocycles. The Morgan fingerprint density at radius 1 is 0.862 bits per heavy atom. The molecule has 0 unspecified atom stereocenters. The quantitative estimate of drug-likeness (QED) is 0.530. The summed E-state index contributed by atoms with van der Waals surface area (Å²) >= 11 is 0. The molecule has 0 aliphatic heterocycles. The van der Waals surface area contributed by atoms with Crippen molar-refractivity contribution in [3.8, 4) is 5.69 Å². The molecular formula is C24H21N3O2. The Morgan fingerprint density at radius 3 is 2.07 bits per heavy atom. The van der Waals surface area contributed by atoms with Crippen molar-refractivity contribution in [2.75, 3.05) is 7.05 Å². The van der Waals surface area contributed by atoms with Crippen LogP contribution in [0.3, 0.4) is 0 Å². The number of benzene rings is 3. The lowest BCUT2D eigenvalue weighted by atomic mass is 10.1. The second kappa shape index (κ2) is 7.72. The van der Waals surface area contributed by atoms with E-state index in [9.17, 15) is 9.59 Å². The van der Waals surface area contributed by atoms with Crippen LogP contribution in [0.15, 0.2) is 89.7 Å². The van der Waals surface area contributed by atoms with E-state index in [1.54, 1.807) is 42.3 Å². The molecule has 4 rings (SSSR count). The van der Waals surface area contributed by atoms with Crippen LogP contribution in [0.1, 0.15) is 29.0 Å². The van der Waals surface area contributed by atoms with Crippen molar-refractivity contribution in [2.45, 2.75) is 13.0 Å². The number of hydrogen-bond acceptors (Lipinski definition) is 3. The summed E-state index contributed by atoms with van der Waals surface area (Å²) < 4.78 is 1.30. The van der Waals surface area contributed by atoms with Gasteiger partial charge in [-0.15, -0.1) is 0 Å². The van der Waals surface area contributed by atoms with Crippen molar-refractivity contribution in [3.63, 3.8) is 0 Å². The van der Waals surface area contributed by atoms with Crippen molar-refractivity contribution < 1.29 is 4.79 Å². The Morgan fingerprint density at radius 2 is 1.41 bits per heavy atom. The lowest BCUT2D eigenvalue weighted by molar-refractivity contribution is 0.0737. The molecular weight excluding hydrogens is 362 g/mol. The van der Waals surface area contributed by atoms with Gasteiger partial charge in [-0.05, 0) is 30.7 Å². The number of aromatic nitrogens is 2. The first-order valence-electron chi connectivity index (χ1n) is 9.47. The molecule has 29 heavy (non-hydrogen) atoms. The fourth-order valence-electron chi connectivity index (χ4n) is 3.39. The maximum Gasteiger partial charge on any atom is 0.279 e. The fourth-order valence-corrected chi connectivity index (χ4v) is 3.39. The average molecular weight is 383 g/mol. The van der Waals surface area contributed by atoms with Crippen molar-refractivity contribution in [1.29, 1.82) is 0 Å². The van der Waals surface area contributed by atoms with E-state index in [-0.39, 0.29) is 23.2 Å². The zero-order valence-electron chi connectivity index (χ0n) is 16.3. The van der Waals surface area contributed by atoms with E-state index in [0.29, 0.717) is 16.5 Å². The number of amides is 1. The van der Waals surface area contributed by atoms with Crippen LogP contribution in [0.5, 0.6) is 0 Å². The van der Waals surface area contributed by atoms with E-state index in [1.807, 2.05) is 61.5 Å². The molecule has 144 valence electrons. The molecule has 0 N–H and O–H groups in total. The molecule has 0 spiro atoms. The molecule has 0 aliphatic carbocycles. The molecule has 0 saturated carbocycles. The third-order valence-electron chi connectivity index (χ3n) is 5.19. The first kappa shape index (κ1) is 18.6. The van der Waals surface area contributed by atoms with Gasteiger partial charge in [-0.3, -0.25) is 9.59 Å². The van der Waals surface area contributed by atoms with Gasteiger partial charge in [-0.2, -0.15) is 9.78 Å². The summed E-state index contributed by atoms with van der Waals surface area (Å²) in [6, 6.07) is 26.0. The van der Waals surface area contributed by atoms with Gasteiger partial charge in [-0.25, -0.2) is 0 Å². The molecule has 0 fully saturated rings. The van der Waals surface area contributed by atoms with E-state index in [2.05, 4.69) is 5.10 Å². The first-order chi connectivity index (χ1) is 14.1. The van der Waals surface area contributed by atoms with Crippen LogP contribution < -0.4 is 5.56 Å². The van der Waals surface area contributed by atoms with E-state index in [0.717, 1.165) is 5.56 Å². The summed E-state index contributed by atoms with van der Waals surface area (Å²) in [7, 11) is 1.76. The topological polar surface area (TPSA) is 55.2 Å². The number of rotatable bonds is 4. The van der Waals surface area contributed by atoms with Gasteiger partial charge in [-0.1, -0.05) is 66.7 Å². The molecule has 1 amide bonds. The van der Waals surface area contributed by atoms with Gasteiger partial charge < -0.3 is 4.90 Å². The smallest absolute Gasteiger partial charge is 0.279 e. The summed E-state index contributed by atoms with van der Waals surface area (Å²) in [5.41, 5.74) is 1.66. The SMILES string of the molecule is C[C@H](c1ccccc1)N(C)C(=O)c1nn(-c2ccccc2)c(=O)c2ccccc12. The van der Waals surface area contributed by atoms with Crippen LogP contribution >= 0.6 is 0 Å². The summed E-state index contributed by atoms with van der Waals surface area (Å²) in [5, 5.41) is 5.51. The van der Waals surface area contributed by atoms with Crippen LogP contribution in [0, 0.1) is 0 Å². The number of nitrogens with zero attached hydrogens (tertiary/aromatic N) is 3. The van der Waals surface area contributed by atoms with Crippen LogP contribution in [0.4, 0.5) is 0 Å². The summed E-state index contributed by atoms with van der Waals surface area (Å²) in [6.45, 7) is 1.97. The minimum Gasteiger partial charge on any atom is -0.334 e. The molecule has 1 heterocycles. The predicted octanol–water partition coefficient (Wildman–Crippen LogP) is 4.22. The van der Waals surface area contributed by atoms with Crippen LogP contribution in [0.2, 0.25) is 0 Å².